The number of carboxylic acids is 1. The predicted octanol–water partition coefficient (Wildman–Crippen LogP) is 5.79. The second kappa shape index (κ2) is 14.2. The monoisotopic (exact) mass is 549 g/mol. The molecule has 204 valence electrons. The molecule has 0 saturated heterocycles. The third-order valence-corrected chi connectivity index (χ3v) is 8.64. The molecule has 0 bridgehead atoms. The van der Waals surface area contributed by atoms with Gasteiger partial charge in [0.2, 0.25) is 0 Å². The number of ether oxygens (including phenoxy) is 3. The first kappa shape index (κ1) is 29.5. The number of aliphatic hydroxyl groups is 1. The van der Waals surface area contributed by atoms with Gasteiger partial charge < -0.3 is 29.7 Å². The number of halogens is 1. The van der Waals surface area contributed by atoms with Gasteiger partial charge in [-0.3, -0.25) is 0 Å². The Kier molecular flexibility index (Phi) is 11.3. The van der Waals surface area contributed by atoms with Crippen molar-refractivity contribution in [1.29, 1.82) is 0 Å². The number of carboxylic acid groups (broad SMARTS) is 1. The van der Waals surface area contributed by atoms with Crippen molar-refractivity contribution in [3.05, 3.63) is 58.6 Å². The van der Waals surface area contributed by atoms with E-state index >= 15 is 0 Å². The molecule has 2 aromatic rings. The molecule has 0 amide bonds. The Morgan fingerprint density at radius 1 is 1.08 bits per heavy atom. The summed E-state index contributed by atoms with van der Waals surface area (Å²) in [5.41, 5.74) is 1.51. The van der Waals surface area contributed by atoms with E-state index in [1.807, 2.05) is 12.1 Å². The lowest BCUT2D eigenvalue weighted by molar-refractivity contribution is 0.0220. The number of nitrogens with one attached hydrogen (secondary N) is 1. The van der Waals surface area contributed by atoms with Gasteiger partial charge in [0.15, 0.2) is 6.79 Å². The maximum atomic E-state index is 11.0. The molecule has 1 fully saturated rings. The van der Waals surface area contributed by atoms with Crippen LogP contribution >= 0.6 is 11.6 Å². The van der Waals surface area contributed by atoms with Gasteiger partial charge in [-0.1, -0.05) is 43.4 Å². The number of carbonyl (C=O) groups is 1. The largest absolute Gasteiger partial charge is 0.491 e. The van der Waals surface area contributed by atoms with Crippen LogP contribution < -0.4 is 14.8 Å². The Bertz CT molecular complexity index is 989. The van der Waals surface area contributed by atoms with Crippen molar-refractivity contribution in [3.8, 4) is 11.5 Å². The van der Waals surface area contributed by atoms with E-state index in [2.05, 4.69) is 25.0 Å². The average Bonchev–Trinajstić information content (AvgIpc) is 2.86. The number of hydrogen-bond donors (Lipinski definition) is 3. The smallest absolute Gasteiger partial charge is 0.335 e. The molecule has 0 heterocycles. The van der Waals surface area contributed by atoms with E-state index in [1.54, 1.807) is 30.3 Å². The summed E-state index contributed by atoms with van der Waals surface area (Å²) in [4.78, 5) is 11.0. The van der Waals surface area contributed by atoms with Gasteiger partial charge in [0.1, 0.15) is 24.2 Å². The fraction of sp³-hybridized carbons (Fsp3) is 0.536. The van der Waals surface area contributed by atoms with Crippen LogP contribution in [-0.2, 0) is 4.74 Å². The minimum atomic E-state index is -1.12. The summed E-state index contributed by atoms with van der Waals surface area (Å²) in [5.74, 6) is 0.662. The summed E-state index contributed by atoms with van der Waals surface area (Å²) in [6.07, 6.45) is 3.45. The molecule has 7 nitrogen and oxygen atoms in total. The van der Waals surface area contributed by atoms with Crippen LogP contribution in [0.5, 0.6) is 11.5 Å². The van der Waals surface area contributed by atoms with Gasteiger partial charge in [-0.05, 0) is 67.5 Å². The summed E-state index contributed by atoms with van der Waals surface area (Å²) in [5, 5.41) is 23.3. The van der Waals surface area contributed by atoms with Crippen LogP contribution in [0.1, 0.15) is 47.5 Å². The number of aliphatic hydroxyl groups excluding tert-OH is 1. The molecule has 1 aliphatic carbocycles. The molecular formula is C28H40ClNO6Si. The van der Waals surface area contributed by atoms with Crippen molar-refractivity contribution in [2.45, 2.75) is 69.4 Å². The maximum Gasteiger partial charge on any atom is 0.335 e. The first-order valence-electron chi connectivity index (χ1n) is 13.0. The molecule has 37 heavy (non-hydrogen) atoms. The lowest BCUT2D eigenvalue weighted by Gasteiger charge is -2.30. The van der Waals surface area contributed by atoms with Crippen molar-refractivity contribution in [2.24, 2.45) is 0 Å². The normalized spacial score (nSPS) is 18.8. The van der Waals surface area contributed by atoms with E-state index in [4.69, 9.17) is 30.9 Å². The molecule has 3 rings (SSSR count). The zero-order valence-corrected chi connectivity index (χ0v) is 23.8. The SMILES string of the molecule is C[Si](C)(C)CCOCOc1ccc(OC[C@@H](O)CNC2CCC(c3ccc(C(=O)O)cc3)CC2)cc1Cl. The number of rotatable bonds is 14. The fourth-order valence-electron chi connectivity index (χ4n) is 4.31. The summed E-state index contributed by atoms with van der Waals surface area (Å²) >= 11 is 6.32. The minimum absolute atomic E-state index is 0.160. The molecule has 0 aromatic heterocycles. The molecule has 0 aliphatic heterocycles. The maximum absolute atomic E-state index is 11.0. The van der Waals surface area contributed by atoms with Gasteiger partial charge in [-0.15, -0.1) is 0 Å². The lowest BCUT2D eigenvalue weighted by atomic mass is 9.81. The molecular weight excluding hydrogens is 510 g/mol. The lowest BCUT2D eigenvalue weighted by Crippen LogP contribution is -2.39. The van der Waals surface area contributed by atoms with Gasteiger partial charge in [-0.2, -0.15) is 0 Å². The van der Waals surface area contributed by atoms with Crippen molar-refractivity contribution >= 4 is 25.6 Å². The standard InChI is InChI=1S/C28H40ClNO6Si/c1-37(2,3)15-14-34-19-36-27-13-12-25(16-26(27)29)35-18-24(31)17-30-23-10-8-21(9-11-23)20-4-6-22(7-5-20)28(32)33/h4-7,12-13,16,21,23-24,30-31H,8-11,14-15,17-19H2,1-3H3,(H,32,33)/t21?,23?,24-/m0/s1. The van der Waals surface area contributed by atoms with Crippen LogP contribution in [-0.4, -0.2) is 63.0 Å². The molecule has 2 aromatic carbocycles. The van der Waals surface area contributed by atoms with E-state index in [1.165, 1.54) is 5.56 Å². The Labute approximate surface area is 226 Å². The van der Waals surface area contributed by atoms with E-state index in [9.17, 15) is 9.90 Å². The van der Waals surface area contributed by atoms with Crippen LogP contribution in [0.3, 0.4) is 0 Å². The second-order valence-electron chi connectivity index (χ2n) is 10.9. The zero-order valence-electron chi connectivity index (χ0n) is 22.0. The quantitative estimate of drug-likeness (QED) is 0.156. The van der Waals surface area contributed by atoms with Crippen molar-refractivity contribution in [3.63, 3.8) is 0 Å². The highest BCUT2D eigenvalue weighted by Gasteiger charge is 2.23. The third kappa shape index (κ3) is 10.3. The Hall–Kier alpha value is -2.10. The molecule has 0 spiro atoms. The summed E-state index contributed by atoms with van der Waals surface area (Å²) in [6.45, 7) is 8.37. The highest BCUT2D eigenvalue weighted by Crippen LogP contribution is 2.33. The van der Waals surface area contributed by atoms with Gasteiger partial charge in [0.25, 0.3) is 0 Å². The van der Waals surface area contributed by atoms with E-state index in [-0.39, 0.29) is 13.4 Å². The van der Waals surface area contributed by atoms with Crippen LogP contribution in [0.4, 0.5) is 0 Å². The summed E-state index contributed by atoms with van der Waals surface area (Å²) in [6, 6.07) is 13.8. The Morgan fingerprint density at radius 2 is 1.78 bits per heavy atom. The second-order valence-corrected chi connectivity index (χ2v) is 17.0. The number of hydrogen-bond acceptors (Lipinski definition) is 6. The molecule has 0 radical (unpaired) electrons. The average molecular weight is 550 g/mol. The topological polar surface area (TPSA) is 97.3 Å². The molecule has 1 atom stereocenters. The predicted molar refractivity (Wildman–Crippen MR) is 149 cm³/mol. The summed E-state index contributed by atoms with van der Waals surface area (Å²) in [7, 11) is -1.12. The Morgan fingerprint density at radius 3 is 2.41 bits per heavy atom. The first-order chi connectivity index (χ1) is 17.6. The molecule has 0 unspecified atom stereocenters. The van der Waals surface area contributed by atoms with Gasteiger partial charge in [-0.25, -0.2) is 4.79 Å². The van der Waals surface area contributed by atoms with Crippen molar-refractivity contribution in [1.82, 2.24) is 5.32 Å². The Balaban J connectivity index is 1.32. The zero-order chi connectivity index (χ0) is 26.8. The highest BCUT2D eigenvalue weighted by atomic mass is 35.5. The molecule has 9 heteroatoms. The minimum Gasteiger partial charge on any atom is -0.491 e. The van der Waals surface area contributed by atoms with E-state index in [0.717, 1.165) is 31.7 Å². The molecule has 1 aliphatic rings. The number of aromatic carboxylic acids is 1. The van der Waals surface area contributed by atoms with Crippen molar-refractivity contribution < 1.29 is 29.2 Å². The van der Waals surface area contributed by atoms with Crippen LogP contribution in [0, 0.1) is 0 Å². The third-order valence-electron chi connectivity index (χ3n) is 6.64. The highest BCUT2D eigenvalue weighted by molar-refractivity contribution is 6.76. The first-order valence-corrected chi connectivity index (χ1v) is 17.1. The van der Waals surface area contributed by atoms with Gasteiger partial charge in [0, 0.05) is 33.3 Å². The fourth-order valence-corrected chi connectivity index (χ4v) is 5.30. The molecule has 1 saturated carbocycles. The number of benzene rings is 2. The van der Waals surface area contributed by atoms with E-state index in [0.29, 0.717) is 47.2 Å². The van der Waals surface area contributed by atoms with E-state index < -0.39 is 20.1 Å². The van der Waals surface area contributed by atoms with Crippen LogP contribution in [0.25, 0.3) is 0 Å². The van der Waals surface area contributed by atoms with Crippen LogP contribution in [0.15, 0.2) is 42.5 Å². The van der Waals surface area contributed by atoms with Gasteiger partial charge >= 0.3 is 5.97 Å². The van der Waals surface area contributed by atoms with Crippen LogP contribution in [0.2, 0.25) is 30.7 Å². The van der Waals surface area contributed by atoms with Crippen molar-refractivity contribution in [2.75, 3.05) is 26.6 Å². The summed E-state index contributed by atoms with van der Waals surface area (Å²) < 4.78 is 16.9. The molecule has 3 N–H and O–H groups in total. The van der Waals surface area contributed by atoms with Gasteiger partial charge in [0.05, 0.1) is 10.6 Å².